The van der Waals surface area contributed by atoms with Crippen molar-refractivity contribution in [1.29, 1.82) is 0 Å². The minimum atomic E-state index is -0.935. The Hall–Kier alpha value is -1.35. The molecule has 3 nitrogen and oxygen atoms in total. The fourth-order valence-corrected chi connectivity index (χ4v) is 1.58. The predicted octanol–water partition coefficient (Wildman–Crippen LogP) is 1.59. The first-order valence-electron chi connectivity index (χ1n) is 5.04. The molecule has 1 aromatic carbocycles. The zero-order valence-corrected chi connectivity index (χ0v) is 9.10. The standard InChI is InChI=1S/C12H17NO2/c1-8-4-3-5-10(6-8)7-9(2)11(13)12(14)15/h3-6,9,11H,7,13H2,1-2H3,(H,14,15). The largest absolute Gasteiger partial charge is 0.480 e. The van der Waals surface area contributed by atoms with Gasteiger partial charge in [0.15, 0.2) is 0 Å². The molecule has 0 fully saturated rings. The highest BCUT2D eigenvalue weighted by Crippen LogP contribution is 2.12. The molecule has 15 heavy (non-hydrogen) atoms. The van der Waals surface area contributed by atoms with E-state index < -0.39 is 12.0 Å². The maximum absolute atomic E-state index is 10.7. The number of carbonyl (C=O) groups is 1. The van der Waals surface area contributed by atoms with E-state index in [-0.39, 0.29) is 5.92 Å². The van der Waals surface area contributed by atoms with Gasteiger partial charge in [-0.15, -0.1) is 0 Å². The van der Waals surface area contributed by atoms with Crippen LogP contribution in [0, 0.1) is 12.8 Å². The summed E-state index contributed by atoms with van der Waals surface area (Å²) in [5.74, 6) is -0.987. The van der Waals surface area contributed by atoms with Crippen LogP contribution in [0.5, 0.6) is 0 Å². The van der Waals surface area contributed by atoms with Crippen LogP contribution in [-0.4, -0.2) is 17.1 Å². The van der Waals surface area contributed by atoms with Crippen molar-refractivity contribution in [3.63, 3.8) is 0 Å². The molecule has 1 aromatic rings. The molecule has 0 spiro atoms. The SMILES string of the molecule is Cc1cccc(CC(C)C(N)C(=O)O)c1. The van der Waals surface area contributed by atoms with Crippen molar-refractivity contribution >= 4 is 5.97 Å². The maximum Gasteiger partial charge on any atom is 0.320 e. The van der Waals surface area contributed by atoms with E-state index in [2.05, 4.69) is 6.07 Å². The molecule has 0 aliphatic heterocycles. The average molecular weight is 207 g/mol. The second-order valence-corrected chi connectivity index (χ2v) is 4.03. The first-order valence-corrected chi connectivity index (χ1v) is 5.04. The van der Waals surface area contributed by atoms with Crippen molar-refractivity contribution in [2.45, 2.75) is 26.3 Å². The van der Waals surface area contributed by atoms with Crippen molar-refractivity contribution in [1.82, 2.24) is 0 Å². The summed E-state index contributed by atoms with van der Waals surface area (Å²) in [5, 5.41) is 8.76. The molecule has 0 aromatic heterocycles. The highest BCUT2D eigenvalue weighted by Gasteiger charge is 2.19. The van der Waals surface area contributed by atoms with Crippen molar-refractivity contribution in [2.75, 3.05) is 0 Å². The number of carboxylic acid groups (broad SMARTS) is 1. The van der Waals surface area contributed by atoms with Crippen molar-refractivity contribution in [2.24, 2.45) is 11.7 Å². The molecule has 0 aliphatic carbocycles. The van der Waals surface area contributed by atoms with Gasteiger partial charge in [0, 0.05) is 0 Å². The molecule has 0 radical (unpaired) electrons. The van der Waals surface area contributed by atoms with E-state index in [1.807, 2.05) is 32.0 Å². The van der Waals surface area contributed by atoms with E-state index >= 15 is 0 Å². The lowest BCUT2D eigenvalue weighted by molar-refractivity contribution is -0.139. The number of nitrogens with two attached hydrogens (primary N) is 1. The highest BCUT2D eigenvalue weighted by atomic mass is 16.4. The Balaban J connectivity index is 2.66. The molecular weight excluding hydrogens is 190 g/mol. The van der Waals surface area contributed by atoms with Crippen LogP contribution in [0.3, 0.4) is 0 Å². The third-order valence-corrected chi connectivity index (χ3v) is 2.54. The highest BCUT2D eigenvalue weighted by molar-refractivity contribution is 5.73. The molecule has 1 rings (SSSR count). The van der Waals surface area contributed by atoms with E-state index in [0.717, 1.165) is 5.56 Å². The monoisotopic (exact) mass is 207 g/mol. The molecule has 0 bridgehead atoms. The molecule has 3 heteroatoms. The summed E-state index contributed by atoms with van der Waals surface area (Å²) in [6.45, 7) is 3.88. The van der Waals surface area contributed by atoms with Crippen molar-refractivity contribution in [3.8, 4) is 0 Å². The van der Waals surface area contributed by atoms with Crippen LogP contribution in [0.15, 0.2) is 24.3 Å². The molecule has 0 amide bonds. The van der Waals surface area contributed by atoms with Crippen LogP contribution in [-0.2, 0) is 11.2 Å². The number of benzene rings is 1. The number of hydrogen-bond acceptors (Lipinski definition) is 2. The fourth-order valence-electron chi connectivity index (χ4n) is 1.58. The summed E-state index contributed by atoms with van der Waals surface area (Å²) < 4.78 is 0. The summed E-state index contributed by atoms with van der Waals surface area (Å²) >= 11 is 0. The van der Waals surface area contributed by atoms with Gasteiger partial charge < -0.3 is 10.8 Å². The quantitative estimate of drug-likeness (QED) is 0.788. The number of rotatable bonds is 4. The first kappa shape index (κ1) is 11.7. The van der Waals surface area contributed by atoms with Gasteiger partial charge in [0.2, 0.25) is 0 Å². The third-order valence-electron chi connectivity index (χ3n) is 2.54. The summed E-state index contributed by atoms with van der Waals surface area (Å²) in [6, 6.07) is 7.27. The fraction of sp³-hybridized carbons (Fsp3) is 0.417. The van der Waals surface area contributed by atoms with E-state index in [9.17, 15) is 4.79 Å². The van der Waals surface area contributed by atoms with Gasteiger partial charge in [0.05, 0.1) is 0 Å². The molecule has 0 saturated carbocycles. The van der Waals surface area contributed by atoms with Gasteiger partial charge in [-0.25, -0.2) is 0 Å². The Labute approximate surface area is 89.9 Å². The van der Waals surface area contributed by atoms with Gasteiger partial charge in [-0.2, -0.15) is 0 Å². The number of hydrogen-bond donors (Lipinski definition) is 2. The molecule has 2 unspecified atom stereocenters. The van der Waals surface area contributed by atoms with Crippen LogP contribution in [0.1, 0.15) is 18.1 Å². The average Bonchev–Trinajstić information content (AvgIpc) is 2.16. The lowest BCUT2D eigenvalue weighted by Gasteiger charge is -2.15. The Kier molecular flexibility index (Phi) is 3.86. The Bertz CT molecular complexity index is 349. The van der Waals surface area contributed by atoms with E-state index in [0.29, 0.717) is 6.42 Å². The van der Waals surface area contributed by atoms with Crippen molar-refractivity contribution in [3.05, 3.63) is 35.4 Å². The van der Waals surface area contributed by atoms with Gasteiger partial charge in [-0.3, -0.25) is 4.79 Å². The molecule has 0 heterocycles. The lowest BCUT2D eigenvalue weighted by atomic mass is 9.94. The lowest BCUT2D eigenvalue weighted by Crippen LogP contribution is -2.37. The van der Waals surface area contributed by atoms with Gasteiger partial charge in [-0.1, -0.05) is 36.8 Å². The van der Waals surface area contributed by atoms with Crippen LogP contribution >= 0.6 is 0 Å². The predicted molar refractivity (Wildman–Crippen MR) is 59.7 cm³/mol. The van der Waals surface area contributed by atoms with Crippen LogP contribution in [0.25, 0.3) is 0 Å². The number of aryl methyl sites for hydroxylation is 1. The summed E-state index contributed by atoms with van der Waals surface area (Å²) in [5.41, 5.74) is 7.87. The summed E-state index contributed by atoms with van der Waals surface area (Å²) in [7, 11) is 0. The van der Waals surface area contributed by atoms with Crippen LogP contribution in [0.2, 0.25) is 0 Å². The van der Waals surface area contributed by atoms with E-state index in [1.54, 1.807) is 0 Å². The smallest absolute Gasteiger partial charge is 0.320 e. The van der Waals surface area contributed by atoms with Crippen LogP contribution in [0.4, 0.5) is 0 Å². The van der Waals surface area contributed by atoms with Gasteiger partial charge in [-0.05, 0) is 24.8 Å². The second-order valence-electron chi connectivity index (χ2n) is 4.03. The summed E-state index contributed by atoms with van der Waals surface area (Å²) in [6.07, 6.45) is 0.704. The Morgan fingerprint density at radius 2 is 2.20 bits per heavy atom. The van der Waals surface area contributed by atoms with Gasteiger partial charge in [0.1, 0.15) is 6.04 Å². The first-order chi connectivity index (χ1) is 7.00. The minimum absolute atomic E-state index is 0.0516. The third kappa shape index (κ3) is 3.36. The molecule has 82 valence electrons. The minimum Gasteiger partial charge on any atom is -0.480 e. The molecular formula is C12H17NO2. The number of aliphatic carboxylic acids is 1. The number of carboxylic acids is 1. The van der Waals surface area contributed by atoms with Gasteiger partial charge >= 0.3 is 5.97 Å². The molecule has 0 saturated heterocycles. The molecule has 2 atom stereocenters. The van der Waals surface area contributed by atoms with E-state index in [4.69, 9.17) is 10.8 Å². The van der Waals surface area contributed by atoms with Crippen LogP contribution < -0.4 is 5.73 Å². The van der Waals surface area contributed by atoms with Crippen molar-refractivity contribution < 1.29 is 9.90 Å². The second kappa shape index (κ2) is 4.94. The summed E-state index contributed by atoms with van der Waals surface area (Å²) in [4.78, 5) is 10.7. The maximum atomic E-state index is 10.7. The Morgan fingerprint density at radius 3 is 2.73 bits per heavy atom. The zero-order chi connectivity index (χ0) is 11.4. The van der Waals surface area contributed by atoms with Gasteiger partial charge in [0.25, 0.3) is 0 Å². The van der Waals surface area contributed by atoms with E-state index in [1.165, 1.54) is 5.56 Å². The molecule has 3 N–H and O–H groups in total. The zero-order valence-electron chi connectivity index (χ0n) is 9.10. The Morgan fingerprint density at radius 1 is 1.53 bits per heavy atom. The normalized spacial score (nSPS) is 14.6. The topological polar surface area (TPSA) is 63.3 Å². The molecule has 0 aliphatic rings.